The Morgan fingerprint density at radius 2 is 2.24 bits per heavy atom. The van der Waals surface area contributed by atoms with Crippen LogP contribution in [0.4, 0.5) is 11.6 Å². The van der Waals surface area contributed by atoms with E-state index in [0.717, 1.165) is 0 Å². The van der Waals surface area contributed by atoms with Crippen molar-refractivity contribution in [1.82, 2.24) is 9.97 Å². The van der Waals surface area contributed by atoms with Crippen LogP contribution >= 0.6 is 11.6 Å². The molecule has 0 radical (unpaired) electrons. The van der Waals surface area contributed by atoms with Gasteiger partial charge in [-0.05, 0) is 12.1 Å². The molecule has 1 aromatic carbocycles. The van der Waals surface area contributed by atoms with Gasteiger partial charge in [0.05, 0.1) is 24.3 Å². The Labute approximate surface area is 123 Å². The lowest BCUT2D eigenvalue weighted by Crippen LogP contribution is -2.10. The van der Waals surface area contributed by atoms with Crippen LogP contribution in [-0.4, -0.2) is 22.0 Å². The van der Waals surface area contributed by atoms with Gasteiger partial charge >= 0.3 is 5.69 Å². The zero-order chi connectivity index (χ0) is 15.4. The quantitative estimate of drug-likeness (QED) is 0.488. The lowest BCUT2D eigenvalue weighted by atomic mass is 10.3. The Balaban J connectivity index is 2.41. The minimum atomic E-state index is -0.602. The lowest BCUT2D eigenvalue weighted by Gasteiger charge is -2.08. The number of hydrogen-bond acceptors (Lipinski definition) is 8. The molecule has 3 N–H and O–H groups in total. The number of nitrogens with one attached hydrogen (secondary N) is 1. The third kappa shape index (κ3) is 3.27. The van der Waals surface area contributed by atoms with E-state index < -0.39 is 4.92 Å². The maximum Gasteiger partial charge on any atom is 0.315 e. The number of nitrogens with two attached hydrogens (primary N) is 1. The molecule has 0 spiro atoms. The van der Waals surface area contributed by atoms with E-state index in [4.69, 9.17) is 26.9 Å². The summed E-state index contributed by atoms with van der Waals surface area (Å²) in [6, 6.07) is 4.12. The monoisotopic (exact) mass is 311 g/mol. The number of nitro benzene ring substituents is 1. The summed E-state index contributed by atoms with van der Waals surface area (Å²) >= 11 is 5.88. The van der Waals surface area contributed by atoms with E-state index in [0.29, 0.717) is 5.75 Å². The second-order valence-corrected chi connectivity index (χ2v) is 4.09. The van der Waals surface area contributed by atoms with Crippen molar-refractivity contribution in [1.29, 1.82) is 0 Å². The number of benzene rings is 1. The van der Waals surface area contributed by atoms with Crippen LogP contribution in [0.15, 0.2) is 24.4 Å². The van der Waals surface area contributed by atoms with Crippen molar-refractivity contribution >= 4 is 23.2 Å². The van der Waals surface area contributed by atoms with Gasteiger partial charge in [-0.2, -0.15) is 4.98 Å². The molecule has 0 atom stereocenters. The number of hydrogen-bond donors (Lipinski definition) is 2. The first-order valence-corrected chi connectivity index (χ1v) is 5.92. The van der Waals surface area contributed by atoms with Gasteiger partial charge in [0, 0.05) is 0 Å². The molecule has 1 aromatic heterocycles. The lowest BCUT2D eigenvalue weighted by molar-refractivity contribution is -0.385. The topological polar surface area (TPSA) is 125 Å². The smallest absolute Gasteiger partial charge is 0.315 e. The number of aromatic nitrogens is 2. The average Bonchev–Trinajstić information content (AvgIpc) is 2.49. The van der Waals surface area contributed by atoms with Crippen molar-refractivity contribution in [3.05, 3.63) is 39.5 Å². The van der Waals surface area contributed by atoms with Crippen LogP contribution in [0.25, 0.3) is 0 Å². The highest BCUT2D eigenvalue weighted by molar-refractivity contribution is 6.31. The number of nitrogens with zero attached hydrogens (tertiary/aromatic N) is 3. The normalized spacial score (nSPS) is 10.0. The van der Waals surface area contributed by atoms with Crippen molar-refractivity contribution in [3.8, 4) is 17.4 Å². The third-order valence-corrected chi connectivity index (χ3v) is 2.67. The van der Waals surface area contributed by atoms with Crippen molar-refractivity contribution in [3.63, 3.8) is 0 Å². The molecule has 0 fully saturated rings. The summed E-state index contributed by atoms with van der Waals surface area (Å²) in [7, 11) is 1.40. The van der Waals surface area contributed by atoms with E-state index in [1.54, 1.807) is 0 Å². The molecule has 0 saturated carbocycles. The van der Waals surface area contributed by atoms with E-state index >= 15 is 0 Å². The van der Waals surface area contributed by atoms with Gasteiger partial charge < -0.3 is 9.47 Å². The number of halogens is 1. The van der Waals surface area contributed by atoms with Crippen LogP contribution in [0.1, 0.15) is 0 Å². The summed E-state index contributed by atoms with van der Waals surface area (Å²) in [6.45, 7) is 0. The van der Waals surface area contributed by atoms with E-state index in [1.807, 2.05) is 0 Å². The van der Waals surface area contributed by atoms with Crippen LogP contribution in [-0.2, 0) is 0 Å². The van der Waals surface area contributed by atoms with Crippen molar-refractivity contribution < 1.29 is 14.4 Å². The van der Waals surface area contributed by atoms with Crippen molar-refractivity contribution in [2.24, 2.45) is 5.84 Å². The highest BCUT2D eigenvalue weighted by Gasteiger charge is 2.19. The van der Waals surface area contributed by atoms with Crippen LogP contribution in [0, 0.1) is 10.1 Å². The van der Waals surface area contributed by atoms with Gasteiger partial charge in [-0.3, -0.25) is 15.5 Å². The highest BCUT2D eigenvalue weighted by atomic mass is 35.5. The Bertz CT molecular complexity index is 682. The molecule has 1 heterocycles. The number of nitro groups is 1. The van der Waals surface area contributed by atoms with Gasteiger partial charge in [0.2, 0.25) is 17.6 Å². The summed E-state index contributed by atoms with van der Waals surface area (Å²) in [5.41, 5.74) is 1.94. The van der Waals surface area contributed by atoms with Gasteiger partial charge in [0.15, 0.2) is 0 Å². The molecule has 0 bridgehead atoms. The molecular weight excluding hydrogens is 302 g/mol. The largest absolute Gasteiger partial charge is 0.496 e. The molecule has 10 heteroatoms. The van der Waals surface area contributed by atoms with Gasteiger partial charge in [-0.25, -0.2) is 10.8 Å². The van der Waals surface area contributed by atoms with Gasteiger partial charge in [-0.1, -0.05) is 11.6 Å². The minimum absolute atomic E-state index is 0.0376. The Hall–Kier alpha value is -2.65. The average molecular weight is 312 g/mol. The molecule has 0 unspecified atom stereocenters. The van der Waals surface area contributed by atoms with E-state index in [1.165, 1.54) is 31.5 Å². The first kappa shape index (κ1) is 14.8. The standard InChI is InChI=1S/C11H10ClN5O4/c1-20-6-2-3-9(8(4-6)17(18)19)21-10-7(12)5-14-11(15-10)16-13/h2-5H,13H2,1H3,(H,14,15,16). The summed E-state index contributed by atoms with van der Waals surface area (Å²) in [5, 5.41) is 11.1. The number of rotatable bonds is 5. The zero-order valence-corrected chi connectivity index (χ0v) is 11.5. The fourth-order valence-corrected chi connectivity index (χ4v) is 1.58. The van der Waals surface area contributed by atoms with Gasteiger partial charge in [0.1, 0.15) is 10.8 Å². The molecule has 9 nitrogen and oxygen atoms in total. The molecule has 0 saturated heterocycles. The molecule has 0 aliphatic heterocycles. The van der Waals surface area contributed by atoms with Gasteiger partial charge in [-0.15, -0.1) is 0 Å². The summed E-state index contributed by atoms with van der Waals surface area (Å²) in [5.74, 6) is 5.47. The predicted octanol–water partition coefficient (Wildman–Crippen LogP) is 2.12. The Kier molecular flexibility index (Phi) is 4.36. The van der Waals surface area contributed by atoms with E-state index in [9.17, 15) is 10.1 Å². The first-order valence-electron chi connectivity index (χ1n) is 5.54. The van der Waals surface area contributed by atoms with E-state index in [2.05, 4.69) is 15.4 Å². The summed E-state index contributed by atoms with van der Waals surface area (Å²) in [4.78, 5) is 18.1. The van der Waals surface area contributed by atoms with Crippen molar-refractivity contribution in [2.45, 2.75) is 0 Å². The number of hydrazine groups is 1. The second-order valence-electron chi connectivity index (χ2n) is 3.68. The summed E-state index contributed by atoms with van der Waals surface area (Å²) in [6.07, 6.45) is 1.26. The van der Waals surface area contributed by atoms with Crippen LogP contribution in [0.3, 0.4) is 0 Å². The maximum atomic E-state index is 11.1. The molecule has 2 aromatic rings. The fraction of sp³-hybridized carbons (Fsp3) is 0.0909. The number of ether oxygens (including phenoxy) is 2. The highest BCUT2D eigenvalue weighted by Crippen LogP contribution is 2.36. The van der Waals surface area contributed by atoms with Crippen LogP contribution < -0.4 is 20.7 Å². The van der Waals surface area contributed by atoms with E-state index in [-0.39, 0.29) is 28.3 Å². The third-order valence-electron chi connectivity index (χ3n) is 2.41. The molecule has 21 heavy (non-hydrogen) atoms. The molecule has 0 aliphatic carbocycles. The number of anilines is 1. The summed E-state index contributed by atoms with van der Waals surface area (Å²) < 4.78 is 10.3. The molecule has 0 aliphatic rings. The number of nitrogen functional groups attached to an aromatic ring is 1. The van der Waals surface area contributed by atoms with Crippen LogP contribution in [0.2, 0.25) is 5.02 Å². The van der Waals surface area contributed by atoms with Crippen molar-refractivity contribution in [2.75, 3.05) is 12.5 Å². The molecule has 2 rings (SSSR count). The fourth-order valence-electron chi connectivity index (χ4n) is 1.45. The number of methoxy groups -OCH3 is 1. The second kappa shape index (κ2) is 6.20. The minimum Gasteiger partial charge on any atom is -0.496 e. The SMILES string of the molecule is COc1ccc(Oc2nc(NN)ncc2Cl)c([N+](=O)[O-])c1. The maximum absolute atomic E-state index is 11.1. The zero-order valence-electron chi connectivity index (χ0n) is 10.7. The van der Waals surface area contributed by atoms with Gasteiger partial charge in [0.25, 0.3) is 0 Å². The molecule has 110 valence electrons. The first-order chi connectivity index (χ1) is 10.0. The Morgan fingerprint density at radius 3 is 2.86 bits per heavy atom. The predicted molar refractivity (Wildman–Crippen MR) is 74.6 cm³/mol. The molecular formula is C11H10ClN5O4. The van der Waals surface area contributed by atoms with Crippen LogP contribution in [0.5, 0.6) is 17.4 Å². The Morgan fingerprint density at radius 1 is 1.48 bits per heavy atom. The molecule has 0 amide bonds.